The maximum absolute atomic E-state index is 3.81. The van der Waals surface area contributed by atoms with Gasteiger partial charge in [0.15, 0.2) is 0 Å². The van der Waals surface area contributed by atoms with Gasteiger partial charge < -0.3 is 4.90 Å². The van der Waals surface area contributed by atoms with Crippen LogP contribution in [0.15, 0.2) is 12.8 Å². The minimum Gasteiger partial charge on any atom is -0.375 e. The Bertz CT molecular complexity index is 109. The summed E-state index contributed by atoms with van der Waals surface area (Å²) in [5.41, 5.74) is 0. The molecule has 0 radical (unpaired) electrons. The summed E-state index contributed by atoms with van der Waals surface area (Å²) in [5.74, 6) is 0. The van der Waals surface area contributed by atoms with Gasteiger partial charge in [-0.25, -0.2) is 0 Å². The fourth-order valence-corrected chi connectivity index (χ4v) is 1.70. The molecule has 0 aromatic heterocycles. The zero-order chi connectivity index (χ0) is 7.40. The molecule has 1 fully saturated rings. The molecule has 1 rings (SSSR count). The zero-order valence-electron chi connectivity index (χ0n) is 6.84. The lowest BCUT2D eigenvalue weighted by molar-refractivity contribution is 0.208. The van der Waals surface area contributed by atoms with E-state index in [1.165, 1.54) is 32.2 Å². The number of nitrogens with zero attached hydrogens (tertiary/aromatic N) is 1. The Morgan fingerprint density at radius 2 is 2.40 bits per heavy atom. The van der Waals surface area contributed by atoms with Gasteiger partial charge in [0.2, 0.25) is 0 Å². The first-order chi connectivity index (χ1) is 4.88. The fourth-order valence-electron chi connectivity index (χ4n) is 1.70. The molecule has 0 aromatic rings. The monoisotopic (exact) mass is 139 g/mol. The van der Waals surface area contributed by atoms with Crippen LogP contribution in [0.2, 0.25) is 0 Å². The highest BCUT2D eigenvalue weighted by molar-refractivity contribution is 4.82. The molecular formula is C9H17N. The van der Waals surface area contributed by atoms with Crippen molar-refractivity contribution in [2.45, 2.75) is 38.6 Å². The van der Waals surface area contributed by atoms with E-state index in [2.05, 4.69) is 18.4 Å². The Hall–Kier alpha value is -0.460. The van der Waals surface area contributed by atoms with E-state index in [1.54, 1.807) is 0 Å². The molecule has 10 heavy (non-hydrogen) atoms. The Balaban J connectivity index is 2.41. The molecule has 58 valence electrons. The summed E-state index contributed by atoms with van der Waals surface area (Å²) in [6.45, 7) is 7.29. The molecule has 1 aliphatic rings. The van der Waals surface area contributed by atoms with Crippen LogP contribution >= 0.6 is 0 Å². The summed E-state index contributed by atoms with van der Waals surface area (Å²) in [7, 11) is 0. The Morgan fingerprint density at radius 3 is 2.90 bits per heavy atom. The summed E-state index contributed by atoms with van der Waals surface area (Å²) in [6.07, 6.45) is 7.38. The lowest BCUT2D eigenvalue weighted by atomic mass is 10.0. The van der Waals surface area contributed by atoms with Gasteiger partial charge in [0.25, 0.3) is 0 Å². The van der Waals surface area contributed by atoms with Crippen molar-refractivity contribution in [1.29, 1.82) is 0 Å². The van der Waals surface area contributed by atoms with Crippen molar-refractivity contribution in [2.75, 3.05) is 6.54 Å². The maximum atomic E-state index is 3.81. The van der Waals surface area contributed by atoms with E-state index in [-0.39, 0.29) is 0 Å². The highest BCUT2D eigenvalue weighted by atomic mass is 15.1. The van der Waals surface area contributed by atoms with Crippen LogP contribution in [-0.2, 0) is 0 Å². The van der Waals surface area contributed by atoms with E-state index in [0.717, 1.165) is 6.04 Å². The third kappa shape index (κ3) is 1.53. The van der Waals surface area contributed by atoms with Crippen molar-refractivity contribution in [2.24, 2.45) is 0 Å². The predicted molar refractivity (Wildman–Crippen MR) is 44.8 cm³/mol. The van der Waals surface area contributed by atoms with E-state index in [1.807, 2.05) is 6.20 Å². The van der Waals surface area contributed by atoms with Gasteiger partial charge in [-0.15, -0.1) is 0 Å². The van der Waals surface area contributed by atoms with Crippen LogP contribution in [0.1, 0.15) is 32.6 Å². The molecule has 0 aliphatic carbocycles. The predicted octanol–water partition coefficient (Wildman–Crippen LogP) is 2.39. The van der Waals surface area contributed by atoms with Gasteiger partial charge in [0.1, 0.15) is 0 Å². The molecule has 0 bridgehead atoms. The van der Waals surface area contributed by atoms with Crippen molar-refractivity contribution >= 4 is 0 Å². The number of piperidine rings is 1. The number of rotatable bonds is 2. The van der Waals surface area contributed by atoms with E-state index >= 15 is 0 Å². The fraction of sp³-hybridized carbons (Fsp3) is 0.778. The summed E-state index contributed by atoms with van der Waals surface area (Å²) >= 11 is 0. The standard InChI is InChI=1S/C9H17N/c1-3-9-7-5-6-8-10(9)4-2/h4,9H,2-3,5-8H2,1H3/t9-/m0/s1. The Labute approximate surface area is 63.7 Å². The lowest BCUT2D eigenvalue weighted by Gasteiger charge is -2.33. The van der Waals surface area contributed by atoms with Gasteiger partial charge in [0, 0.05) is 12.6 Å². The highest BCUT2D eigenvalue weighted by Crippen LogP contribution is 2.18. The first kappa shape index (κ1) is 7.64. The second kappa shape index (κ2) is 3.65. The van der Waals surface area contributed by atoms with Crippen LogP contribution in [-0.4, -0.2) is 17.5 Å². The van der Waals surface area contributed by atoms with Gasteiger partial charge in [-0.05, 0) is 31.9 Å². The Kier molecular flexibility index (Phi) is 2.79. The normalized spacial score (nSPS) is 26.5. The van der Waals surface area contributed by atoms with Crippen LogP contribution in [0.4, 0.5) is 0 Å². The first-order valence-electron chi connectivity index (χ1n) is 4.26. The summed E-state index contributed by atoms with van der Waals surface area (Å²) < 4.78 is 0. The van der Waals surface area contributed by atoms with E-state index in [0.29, 0.717) is 0 Å². The highest BCUT2D eigenvalue weighted by Gasteiger charge is 2.16. The summed E-state index contributed by atoms with van der Waals surface area (Å²) in [5, 5.41) is 0. The number of hydrogen-bond donors (Lipinski definition) is 0. The second-order valence-electron chi connectivity index (χ2n) is 2.98. The van der Waals surface area contributed by atoms with Gasteiger partial charge >= 0.3 is 0 Å². The van der Waals surface area contributed by atoms with Crippen molar-refractivity contribution in [3.8, 4) is 0 Å². The molecule has 0 amide bonds. The molecule has 1 nitrogen and oxygen atoms in total. The lowest BCUT2D eigenvalue weighted by Crippen LogP contribution is -2.34. The molecule has 1 heteroatoms. The number of likely N-dealkylation sites (tertiary alicyclic amines) is 1. The molecular weight excluding hydrogens is 122 g/mol. The minimum absolute atomic E-state index is 0.784. The summed E-state index contributed by atoms with van der Waals surface area (Å²) in [4.78, 5) is 2.38. The molecule has 1 atom stereocenters. The van der Waals surface area contributed by atoms with Gasteiger partial charge in [-0.1, -0.05) is 13.5 Å². The van der Waals surface area contributed by atoms with E-state index in [4.69, 9.17) is 0 Å². The van der Waals surface area contributed by atoms with Gasteiger partial charge in [-0.3, -0.25) is 0 Å². The van der Waals surface area contributed by atoms with Crippen molar-refractivity contribution in [1.82, 2.24) is 4.90 Å². The SMILES string of the molecule is C=CN1CCCC[C@@H]1CC. The van der Waals surface area contributed by atoms with Crippen molar-refractivity contribution in [3.63, 3.8) is 0 Å². The molecule has 1 heterocycles. The first-order valence-corrected chi connectivity index (χ1v) is 4.26. The van der Waals surface area contributed by atoms with Gasteiger partial charge in [-0.2, -0.15) is 0 Å². The summed E-state index contributed by atoms with van der Waals surface area (Å²) in [6, 6.07) is 0.784. The quantitative estimate of drug-likeness (QED) is 0.568. The second-order valence-corrected chi connectivity index (χ2v) is 2.98. The average Bonchev–Trinajstić information content (AvgIpc) is 2.04. The largest absolute Gasteiger partial charge is 0.375 e. The maximum Gasteiger partial charge on any atom is 0.0281 e. The Morgan fingerprint density at radius 1 is 1.60 bits per heavy atom. The molecule has 1 aliphatic heterocycles. The van der Waals surface area contributed by atoms with Crippen molar-refractivity contribution in [3.05, 3.63) is 12.8 Å². The molecule has 0 saturated carbocycles. The van der Waals surface area contributed by atoms with E-state index < -0.39 is 0 Å². The van der Waals surface area contributed by atoms with Gasteiger partial charge in [0.05, 0.1) is 0 Å². The molecule has 0 N–H and O–H groups in total. The van der Waals surface area contributed by atoms with Crippen LogP contribution in [0.25, 0.3) is 0 Å². The average molecular weight is 139 g/mol. The van der Waals surface area contributed by atoms with Crippen LogP contribution in [0.3, 0.4) is 0 Å². The van der Waals surface area contributed by atoms with Crippen molar-refractivity contribution < 1.29 is 0 Å². The van der Waals surface area contributed by atoms with E-state index in [9.17, 15) is 0 Å². The molecule has 0 spiro atoms. The minimum atomic E-state index is 0.784. The van der Waals surface area contributed by atoms with Crippen LogP contribution in [0, 0.1) is 0 Å². The molecule has 0 aromatic carbocycles. The van der Waals surface area contributed by atoms with Crippen LogP contribution in [0.5, 0.6) is 0 Å². The zero-order valence-corrected chi connectivity index (χ0v) is 6.84. The third-order valence-electron chi connectivity index (χ3n) is 2.38. The third-order valence-corrected chi connectivity index (χ3v) is 2.38. The topological polar surface area (TPSA) is 3.24 Å². The molecule has 1 saturated heterocycles. The van der Waals surface area contributed by atoms with Crippen LogP contribution < -0.4 is 0 Å². The molecule has 0 unspecified atom stereocenters. The smallest absolute Gasteiger partial charge is 0.0281 e. The number of hydrogen-bond acceptors (Lipinski definition) is 1.